The molecule has 1 N–H and O–H groups in total. The topological polar surface area (TPSA) is 45.0 Å². The van der Waals surface area contributed by atoms with E-state index in [9.17, 15) is 5.26 Å². The zero-order chi connectivity index (χ0) is 12.8. The highest BCUT2D eigenvalue weighted by atomic mass is 16.5. The summed E-state index contributed by atoms with van der Waals surface area (Å²) in [6, 6.07) is 10.4. The second kappa shape index (κ2) is 6.42. The summed E-state index contributed by atoms with van der Waals surface area (Å²) in [5.74, 6) is 0.837. The summed E-state index contributed by atoms with van der Waals surface area (Å²) in [7, 11) is 0. The molecule has 0 radical (unpaired) electrons. The number of nitriles is 1. The number of benzene rings is 1. The van der Waals surface area contributed by atoms with E-state index in [1.54, 1.807) is 0 Å². The Kier molecular flexibility index (Phi) is 4.60. The normalized spacial score (nSPS) is 17.3. The number of nitrogens with one attached hydrogen (secondary N) is 1. The SMILES string of the molecule is CCOc1cccc(C(C#N)NC2CCCC2)c1. The van der Waals surface area contributed by atoms with Gasteiger partial charge in [0.05, 0.1) is 12.7 Å². The lowest BCUT2D eigenvalue weighted by atomic mass is 10.1. The van der Waals surface area contributed by atoms with Crippen molar-refractivity contribution in [2.75, 3.05) is 6.61 Å². The molecule has 1 fully saturated rings. The summed E-state index contributed by atoms with van der Waals surface area (Å²) in [6.07, 6.45) is 4.91. The number of hydrogen-bond acceptors (Lipinski definition) is 3. The van der Waals surface area contributed by atoms with E-state index in [0.29, 0.717) is 12.6 Å². The van der Waals surface area contributed by atoms with Crippen molar-refractivity contribution in [3.05, 3.63) is 29.8 Å². The third-order valence-corrected chi connectivity index (χ3v) is 3.39. The predicted molar refractivity (Wildman–Crippen MR) is 71.4 cm³/mol. The van der Waals surface area contributed by atoms with Gasteiger partial charge >= 0.3 is 0 Å². The molecule has 1 aliphatic carbocycles. The Balaban J connectivity index is 2.06. The Morgan fingerprint density at radius 1 is 1.44 bits per heavy atom. The molecular weight excluding hydrogens is 224 g/mol. The molecule has 18 heavy (non-hydrogen) atoms. The molecule has 1 atom stereocenters. The van der Waals surface area contributed by atoms with Crippen LogP contribution >= 0.6 is 0 Å². The van der Waals surface area contributed by atoms with E-state index in [1.165, 1.54) is 25.7 Å². The Labute approximate surface area is 109 Å². The molecule has 3 heteroatoms. The molecule has 0 heterocycles. The molecule has 0 saturated heterocycles. The summed E-state index contributed by atoms with van der Waals surface area (Å²) < 4.78 is 5.47. The lowest BCUT2D eigenvalue weighted by Gasteiger charge is -2.18. The van der Waals surface area contributed by atoms with Crippen LogP contribution in [0.2, 0.25) is 0 Å². The molecule has 3 nitrogen and oxygen atoms in total. The number of rotatable bonds is 5. The highest BCUT2D eigenvalue weighted by Gasteiger charge is 2.20. The van der Waals surface area contributed by atoms with Gasteiger partial charge in [-0.05, 0) is 37.5 Å². The first kappa shape index (κ1) is 12.9. The van der Waals surface area contributed by atoms with Crippen LogP contribution in [-0.2, 0) is 0 Å². The van der Waals surface area contributed by atoms with Gasteiger partial charge in [-0.3, -0.25) is 5.32 Å². The minimum atomic E-state index is -0.228. The molecule has 1 aromatic carbocycles. The van der Waals surface area contributed by atoms with Crippen LogP contribution < -0.4 is 10.1 Å². The first-order valence-electron chi connectivity index (χ1n) is 6.72. The van der Waals surface area contributed by atoms with Gasteiger partial charge in [0, 0.05) is 6.04 Å². The molecule has 0 amide bonds. The zero-order valence-corrected chi connectivity index (χ0v) is 10.9. The standard InChI is InChI=1S/C15H20N2O/c1-2-18-14-9-5-6-12(10-14)15(11-16)17-13-7-3-4-8-13/h5-6,9-10,13,15,17H,2-4,7-8H2,1H3. The maximum atomic E-state index is 9.31. The highest BCUT2D eigenvalue weighted by molar-refractivity contribution is 5.33. The highest BCUT2D eigenvalue weighted by Crippen LogP contribution is 2.24. The van der Waals surface area contributed by atoms with E-state index in [1.807, 2.05) is 31.2 Å². The lowest BCUT2D eigenvalue weighted by Crippen LogP contribution is -2.29. The van der Waals surface area contributed by atoms with Gasteiger partial charge in [0.15, 0.2) is 0 Å². The Morgan fingerprint density at radius 2 is 2.22 bits per heavy atom. The molecule has 1 aliphatic rings. The van der Waals surface area contributed by atoms with Crippen LogP contribution in [0.5, 0.6) is 5.75 Å². The summed E-state index contributed by atoms with van der Waals surface area (Å²) in [5, 5.41) is 12.7. The quantitative estimate of drug-likeness (QED) is 0.865. The van der Waals surface area contributed by atoms with Crippen molar-refractivity contribution in [3.63, 3.8) is 0 Å². The third-order valence-electron chi connectivity index (χ3n) is 3.39. The van der Waals surface area contributed by atoms with E-state index in [2.05, 4.69) is 11.4 Å². The second-order valence-electron chi connectivity index (χ2n) is 4.72. The van der Waals surface area contributed by atoms with E-state index in [4.69, 9.17) is 4.74 Å². The monoisotopic (exact) mass is 244 g/mol. The van der Waals surface area contributed by atoms with Gasteiger partial charge in [-0.25, -0.2) is 0 Å². The van der Waals surface area contributed by atoms with E-state index in [0.717, 1.165) is 11.3 Å². The minimum Gasteiger partial charge on any atom is -0.494 e. The van der Waals surface area contributed by atoms with Crippen molar-refractivity contribution in [1.29, 1.82) is 5.26 Å². The Hall–Kier alpha value is -1.53. The van der Waals surface area contributed by atoms with E-state index < -0.39 is 0 Å². The van der Waals surface area contributed by atoms with Crippen LogP contribution in [0.15, 0.2) is 24.3 Å². The van der Waals surface area contributed by atoms with Crippen molar-refractivity contribution < 1.29 is 4.74 Å². The summed E-state index contributed by atoms with van der Waals surface area (Å²) in [5.41, 5.74) is 0.996. The van der Waals surface area contributed by atoms with Gasteiger partial charge in [0.2, 0.25) is 0 Å². The maximum Gasteiger partial charge on any atom is 0.121 e. The molecule has 0 aromatic heterocycles. The fourth-order valence-corrected chi connectivity index (χ4v) is 2.49. The van der Waals surface area contributed by atoms with Crippen LogP contribution in [0.25, 0.3) is 0 Å². The first-order valence-corrected chi connectivity index (χ1v) is 6.72. The molecule has 0 bridgehead atoms. The van der Waals surface area contributed by atoms with E-state index >= 15 is 0 Å². The third kappa shape index (κ3) is 3.24. The molecule has 1 aromatic rings. The van der Waals surface area contributed by atoms with Crippen molar-refractivity contribution >= 4 is 0 Å². The van der Waals surface area contributed by atoms with Gasteiger partial charge in [-0.2, -0.15) is 5.26 Å². The van der Waals surface area contributed by atoms with Crippen molar-refractivity contribution in [2.45, 2.75) is 44.7 Å². The molecule has 0 aliphatic heterocycles. The number of hydrogen-bond donors (Lipinski definition) is 1. The van der Waals surface area contributed by atoms with Crippen LogP contribution in [0.1, 0.15) is 44.2 Å². The summed E-state index contributed by atoms with van der Waals surface area (Å²) >= 11 is 0. The summed E-state index contributed by atoms with van der Waals surface area (Å²) in [4.78, 5) is 0. The fraction of sp³-hybridized carbons (Fsp3) is 0.533. The minimum absolute atomic E-state index is 0.228. The van der Waals surface area contributed by atoms with Gasteiger partial charge in [0.25, 0.3) is 0 Å². The largest absolute Gasteiger partial charge is 0.494 e. The van der Waals surface area contributed by atoms with E-state index in [-0.39, 0.29) is 6.04 Å². The molecular formula is C15H20N2O. The number of ether oxygens (including phenoxy) is 1. The van der Waals surface area contributed by atoms with Gasteiger partial charge < -0.3 is 4.74 Å². The first-order chi connectivity index (χ1) is 8.83. The molecule has 2 rings (SSSR count). The molecule has 0 spiro atoms. The number of nitrogens with zero attached hydrogens (tertiary/aromatic N) is 1. The van der Waals surface area contributed by atoms with Crippen LogP contribution in [0.4, 0.5) is 0 Å². The predicted octanol–water partition coefficient (Wildman–Crippen LogP) is 3.18. The van der Waals surface area contributed by atoms with Gasteiger partial charge in [-0.15, -0.1) is 0 Å². The lowest BCUT2D eigenvalue weighted by molar-refractivity contribution is 0.339. The van der Waals surface area contributed by atoms with Crippen LogP contribution in [-0.4, -0.2) is 12.6 Å². The smallest absolute Gasteiger partial charge is 0.121 e. The van der Waals surface area contributed by atoms with Crippen LogP contribution in [0.3, 0.4) is 0 Å². The average Bonchev–Trinajstić information content (AvgIpc) is 2.89. The van der Waals surface area contributed by atoms with Gasteiger partial charge in [-0.1, -0.05) is 25.0 Å². The molecule has 1 saturated carbocycles. The Morgan fingerprint density at radius 3 is 2.89 bits per heavy atom. The molecule has 96 valence electrons. The molecule has 1 unspecified atom stereocenters. The zero-order valence-electron chi connectivity index (χ0n) is 10.9. The van der Waals surface area contributed by atoms with Crippen molar-refractivity contribution in [1.82, 2.24) is 5.32 Å². The Bertz CT molecular complexity index is 419. The summed E-state index contributed by atoms with van der Waals surface area (Å²) in [6.45, 7) is 2.61. The van der Waals surface area contributed by atoms with Gasteiger partial charge in [0.1, 0.15) is 11.8 Å². The van der Waals surface area contributed by atoms with Crippen molar-refractivity contribution in [2.24, 2.45) is 0 Å². The fourth-order valence-electron chi connectivity index (χ4n) is 2.49. The maximum absolute atomic E-state index is 9.31. The van der Waals surface area contributed by atoms with Crippen LogP contribution in [0, 0.1) is 11.3 Å². The second-order valence-corrected chi connectivity index (χ2v) is 4.72. The average molecular weight is 244 g/mol. The van der Waals surface area contributed by atoms with Crippen molar-refractivity contribution in [3.8, 4) is 11.8 Å².